The number of carbonyl (C=O) groups excluding carboxylic acids is 2. The van der Waals surface area contributed by atoms with Crippen molar-refractivity contribution in [3.8, 4) is 0 Å². The third-order valence-corrected chi connectivity index (χ3v) is 4.19. The molecule has 6 heteroatoms. The Kier molecular flexibility index (Phi) is 6.58. The zero-order chi connectivity index (χ0) is 18.4. The van der Waals surface area contributed by atoms with Gasteiger partial charge in [-0.2, -0.15) is 0 Å². The smallest absolute Gasteiger partial charge is 0.315 e. The monoisotopic (exact) mass is 403 g/mol. The molecule has 132 valence electrons. The number of amides is 3. The number of halogens is 1. The number of anilines is 1. The summed E-state index contributed by atoms with van der Waals surface area (Å²) in [5.41, 5.74) is 4.93. The Balaban J connectivity index is 1.81. The minimum absolute atomic E-state index is 0.0862. The average Bonchev–Trinajstić information content (AvgIpc) is 2.54. The second-order valence-electron chi connectivity index (χ2n) is 5.99. The summed E-state index contributed by atoms with van der Waals surface area (Å²) in [6, 6.07) is 11.3. The van der Waals surface area contributed by atoms with Gasteiger partial charge in [-0.15, -0.1) is 0 Å². The highest BCUT2D eigenvalue weighted by molar-refractivity contribution is 9.10. The molecular formula is C19H22BrN3O2. The van der Waals surface area contributed by atoms with E-state index in [0.29, 0.717) is 6.54 Å². The van der Waals surface area contributed by atoms with Crippen molar-refractivity contribution in [1.82, 2.24) is 10.6 Å². The van der Waals surface area contributed by atoms with E-state index in [1.165, 1.54) is 0 Å². The van der Waals surface area contributed by atoms with Gasteiger partial charge >= 0.3 is 6.03 Å². The van der Waals surface area contributed by atoms with Crippen LogP contribution in [0.25, 0.3) is 0 Å². The summed E-state index contributed by atoms with van der Waals surface area (Å²) in [5, 5.41) is 8.14. The molecule has 0 aliphatic rings. The zero-order valence-electron chi connectivity index (χ0n) is 14.6. The second kappa shape index (κ2) is 8.67. The first-order valence-electron chi connectivity index (χ1n) is 7.99. The van der Waals surface area contributed by atoms with Crippen LogP contribution in [0.2, 0.25) is 0 Å². The summed E-state index contributed by atoms with van der Waals surface area (Å²) >= 11 is 3.39. The lowest BCUT2D eigenvalue weighted by Gasteiger charge is -2.13. The largest absolute Gasteiger partial charge is 0.334 e. The van der Waals surface area contributed by atoms with E-state index in [9.17, 15) is 9.59 Å². The number of benzene rings is 2. The maximum atomic E-state index is 12.1. The van der Waals surface area contributed by atoms with E-state index >= 15 is 0 Å². The fourth-order valence-electron chi connectivity index (χ4n) is 2.61. The number of hydrogen-bond acceptors (Lipinski definition) is 2. The predicted octanol–water partition coefficient (Wildman–Crippen LogP) is 3.81. The Morgan fingerprint density at radius 1 is 1.00 bits per heavy atom. The van der Waals surface area contributed by atoms with Gasteiger partial charge in [0.05, 0.1) is 6.54 Å². The number of nitrogens with one attached hydrogen (secondary N) is 3. The van der Waals surface area contributed by atoms with Gasteiger partial charge < -0.3 is 16.0 Å². The Morgan fingerprint density at radius 3 is 2.32 bits per heavy atom. The van der Waals surface area contributed by atoms with E-state index in [4.69, 9.17) is 0 Å². The van der Waals surface area contributed by atoms with Crippen LogP contribution < -0.4 is 16.0 Å². The summed E-state index contributed by atoms with van der Waals surface area (Å²) in [6.45, 7) is 6.23. The van der Waals surface area contributed by atoms with Crippen LogP contribution in [0.15, 0.2) is 40.9 Å². The molecule has 2 aromatic rings. The highest BCUT2D eigenvalue weighted by Crippen LogP contribution is 2.21. The number of rotatable bonds is 5. The zero-order valence-corrected chi connectivity index (χ0v) is 16.2. The first kappa shape index (κ1) is 19.0. The maximum absolute atomic E-state index is 12.1. The molecule has 0 aliphatic carbocycles. The maximum Gasteiger partial charge on any atom is 0.315 e. The van der Waals surface area contributed by atoms with E-state index in [-0.39, 0.29) is 18.5 Å². The molecule has 0 bridgehead atoms. The molecular weight excluding hydrogens is 382 g/mol. The molecule has 2 aromatic carbocycles. The molecule has 0 spiro atoms. The van der Waals surface area contributed by atoms with Gasteiger partial charge in [0.25, 0.3) is 0 Å². The van der Waals surface area contributed by atoms with Gasteiger partial charge in [-0.05, 0) is 49.6 Å². The van der Waals surface area contributed by atoms with Gasteiger partial charge in [0.15, 0.2) is 0 Å². The van der Waals surface area contributed by atoms with Crippen molar-refractivity contribution < 1.29 is 9.59 Å². The summed E-state index contributed by atoms with van der Waals surface area (Å²) in [5.74, 6) is -0.257. The lowest BCUT2D eigenvalue weighted by Crippen LogP contribution is -2.39. The molecule has 2 rings (SSSR count). The predicted molar refractivity (Wildman–Crippen MR) is 104 cm³/mol. The van der Waals surface area contributed by atoms with Crippen LogP contribution in [0.1, 0.15) is 22.3 Å². The molecule has 0 radical (unpaired) electrons. The fourth-order valence-corrected chi connectivity index (χ4v) is 3.06. The van der Waals surface area contributed by atoms with Crippen LogP contribution in [0.5, 0.6) is 0 Å². The van der Waals surface area contributed by atoms with Gasteiger partial charge in [-0.25, -0.2) is 4.79 Å². The van der Waals surface area contributed by atoms with Crippen molar-refractivity contribution in [1.29, 1.82) is 0 Å². The SMILES string of the molecule is Cc1cc(C)c(NC(=O)CNC(=O)NCc2cccc(Br)c2)c(C)c1. The number of hydrogen-bond donors (Lipinski definition) is 3. The van der Waals surface area contributed by atoms with Crippen molar-refractivity contribution in [2.45, 2.75) is 27.3 Å². The van der Waals surface area contributed by atoms with Crippen molar-refractivity contribution in [2.24, 2.45) is 0 Å². The molecule has 3 N–H and O–H groups in total. The van der Waals surface area contributed by atoms with E-state index in [1.54, 1.807) is 0 Å². The first-order chi connectivity index (χ1) is 11.8. The van der Waals surface area contributed by atoms with Gasteiger partial charge in [-0.3, -0.25) is 4.79 Å². The van der Waals surface area contributed by atoms with Crippen LogP contribution in [-0.2, 0) is 11.3 Å². The Bertz CT molecular complexity index is 767. The molecule has 0 saturated heterocycles. The fraction of sp³-hybridized carbons (Fsp3) is 0.263. The van der Waals surface area contributed by atoms with Crippen LogP contribution in [0.4, 0.5) is 10.5 Å². The third-order valence-electron chi connectivity index (χ3n) is 3.69. The molecule has 0 unspecified atom stereocenters. The minimum Gasteiger partial charge on any atom is -0.334 e. The van der Waals surface area contributed by atoms with E-state index in [1.807, 2.05) is 57.2 Å². The van der Waals surface area contributed by atoms with Gasteiger partial charge in [-0.1, -0.05) is 45.8 Å². The van der Waals surface area contributed by atoms with E-state index in [2.05, 4.69) is 31.9 Å². The normalized spacial score (nSPS) is 10.2. The van der Waals surface area contributed by atoms with Crippen molar-refractivity contribution in [3.05, 3.63) is 63.1 Å². The molecule has 0 fully saturated rings. The van der Waals surface area contributed by atoms with Crippen molar-refractivity contribution in [2.75, 3.05) is 11.9 Å². The Morgan fingerprint density at radius 2 is 1.68 bits per heavy atom. The van der Waals surface area contributed by atoms with Crippen molar-refractivity contribution >= 4 is 33.6 Å². The molecule has 5 nitrogen and oxygen atoms in total. The third kappa shape index (κ3) is 5.90. The summed E-state index contributed by atoms with van der Waals surface area (Å²) in [7, 11) is 0. The highest BCUT2D eigenvalue weighted by Gasteiger charge is 2.09. The Labute approximate surface area is 156 Å². The molecule has 0 aliphatic heterocycles. The van der Waals surface area contributed by atoms with Crippen LogP contribution in [0.3, 0.4) is 0 Å². The molecule has 3 amide bonds. The van der Waals surface area contributed by atoms with Gasteiger partial charge in [0, 0.05) is 16.7 Å². The quantitative estimate of drug-likeness (QED) is 0.709. The number of aryl methyl sites for hydroxylation is 3. The molecule has 0 atom stereocenters. The molecule has 25 heavy (non-hydrogen) atoms. The van der Waals surface area contributed by atoms with E-state index in [0.717, 1.165) is 32.4 Å². The first-order valence-corrected chi connectivity index (χ1v) is 8.78. The van der Waals surface area contributed by atoms with Crippen LogP contribution in [-0.4, -0.2) is 18.5 Å². The van der Waals surface area contributed by atoms with Crippen LogP contribution >= 0.6 is 15.9 Å². The minimum atomic E-state index is -0.382. The highest BCUT2D eigenvalue weighted by atomic mass is 79.9. The second-order valence-corrected chi connectivity index (χ2v) is 6.90. The van der Waals surface area contributed by atoms with E-state index < -0.39 is 0 Å². The number of urea groups is 1. The summed E-state index contributed by atoms with van der Waals surface area (Å²) in [4.78, 5) is 23.9. The van der Waals surface area contributed by atoms with Gasteiger partial charge in [0.2, 0.25) is 5.91 Å². The average molecular weight is 404 g/mol. The summed E-state index contributed by atoms with van der Waals surface area (Å²) in [6.07, 6.45) is 0. The molecule has 0 aromatic heterocycles. The van der Waals surface area contributed by atoms with Crippen LogP contribution in [0, 0.1) is 20.8 Å². The lowest BCUT2D eigenvalue weighted by atomic mass is 10.1. The summed E-state index contributed by atoms with van der Waals surface area (Å²) < 4.78 is 0.954. The number of carbonyl (C=O) groups is 2. The standard InChI is InChI=1S/C19H22BrN3O2/c1-12-7-13(2)18(14(3)8-12)23-17(24)11-22-19(25)21-10-15-5-4-6-16(20)9-15/h4-9H,10-11H2,1-3H3,(H,23,24)(H2,21,22,25). The molecule has 0 heterocycles. The van der Waals surface area contributed by atoms with Gasteiger partial charge in [0.1, 0.15) is 0 Å². The van der Waals surface area contributed by atoms with Crippen molar-refractivity contribution in [3.63, 3.8) is 0 Å². The molecule has 0 saturated carbocycles. The lowest BCUT2D eigenvalue weighted by molar-refractivity contribution is -0.115. The topological polar surface area (TPSA) is 70.2 Å². The Hall–Kier alpha value is -2.34.